The van der Waals surface area contributed by atoms with Gasteiger partial charge in [-0.1, -0.05) is 12.1 Å². The molecule has 144 valence electrons. The van der Waals surface area contributed by atoms with E-state index >= 15 is 0 Å². The van der Waals surface area contributed by atoms with Gasteiger partial charge in [0.05, 0.1) is 12.5 Å². The minimum Gasteiger partial charge on any atom is -0.492 e. The monoisotopic (exact) mass is 378 g/mol. The quantitative estimate of drug-likeness (QED) is 0.699. The first kappa shape index (κ1) is 18.5. The summed E-state index contributed by atoms with van der Waals surface area (Å²) in [6, 6.07) is 14.5. The Kier molecular flexibility index (Phi) is 5.59. The lowest BCUT2D eigenvalue weighted by Gasteiger charge is -2.27. The van der Waals surface area contributed by atoms with Gasteiger partial charge in [0.1, 0.15) is 30.5 Å². The van der Waals surface area contributed by atoms with Crippen molar-refractivity contribution in [2.45, 2.75) is 19.3 Å². The number of ether oxygens (including phenoxy) is 2. The molecule has 2 aliphatic heterocycles. The predicted octanol–water partition coefficient (Wildman–Crippen LogP) is 4.41. The topological polar surface area (TPSA) is 45.5 Å². The number of rotatable bonds is 6. The van der Waals surface area contributed by atoms with E-state index in [4.69, 9.17) is 14.7 Å². The normalized spacial score (nSPS) is 16.4. The molecule has 0 atom stereocenters. The molecular formula is C23H23FN2O2. The third kappa shape index (κ3) is 4.02. The summed E-state index contributed by atoms with van der Waals surface area (Å²) in [5.74, 6) is 1.27. The maximum absolute atomic E-state index is 13.5. The average Bonchev–Trinajstić information content (AvgIpc) is 3.22. The Morgan fingerprint density at radius 3 is 2.64 bits per heavy atom. The van der Waals surface area contributed by atoms with E-state index in [0.29, 0.717) is 25.4 Å². The Bertz CT molecular complexity index is 909. The molecule has 0 unspecified atom stereocenters. The van der Waals surface area contributed by atoms with Crippen LogP contribution in [0, 0.1) is 17.1 Å². The van der Waals surface area contributed by atoms with Crippen LogP contribution in [0.15, 0.2) is 48.0 Å². The Labute approximate surface area is 164 Å². The summed E-state index contributed by atoms with van der Waals surface area (Å²) >= 11 is 0. The number of nitrogens with zero attached hydrogens (tertiary/aromatic N) is 2. The minimum absolute atomic E-state index is 0.244. The van der Waals surface area contributed by atoms with Crippen molar-refractivity contribution in [2.75, 3.05) is 32.8 Å². The Morgan fingerprint density at radius 1 is 1.11 bits per heavy atom. The summed E-state index contributed by atoms with van der Waals surface area (Å²) in [5, 5.41) is 8.73. The van der Waals surface area contributed by atoms with Gasteiger partial charge in [-0.15, -0.1) is 0 Å². The molecular weight excluding hydrogens is 355 g/mol. The summed E-state index contributed by atoms with van der Waals surface area (Å²) in [7, 11) is 0. The van der Waals surface area contributed by atoms with Crippen molar-refractivity contribution in [1.29, 1.82) is 5.26 Å². The van der Waals surface area contributed by atoms with Crippen LogP contribution in [0.3, 0.4) is 0 Å². The molecule has 0 amide bonds. The zero-order valence-corrected chi connectivity index (χ0v) is 15.8. The van der Waals surface area contributed by atoms with Crippen LogP contribution in [0.4, 0.5) is 4.39 Å². The standard InChI is InChI=1S/C23H23FN2O2/c24-19-6-4-17(5-7-19)23-18(15-26-11-1-2-12-26)16-28-22-9-8-20(14-21(22)23)27-13-3-10-25/h4-9,14H,1-3,11-13,15-16H2. The molecule has 2 heterocycles. The number of halogens is 1. The van der Waals surface area contributed by atoms with Gasteiger partial charge in [-0.2, -0.15) is 5.26 Å². The van der Waals surface area contributed by atoms with Crippen LogP contribution in [-0.4, -0.2) is 37.7 Å². The number of fused-ring (bicyclic) bond motifs is 1. The number of benzene rings is 2. The highest BCUT2D eigenvalue weighted by Crippen LogP contribution is 2.40. The van der Waals surface area contributed by atoms with Gasteiger partial charge in [0.25, 0.3) is 0 Å². The van der Waals surface area contributed by atoms with Gasteiger partial charge in [-0.05, 0) is 73.0 Å². The number of nitriles is 1. The minimum atomic E-state index is -0.244. The molecule has 0 radical (unpaired) electrons. The second-order valence-electron chi connectivity index (χ2n) is 7.17. The van der Waals surface area contributed by atoms with E-state index in [9.17, 15) is 4.39 Å². The summed E-state index contributed by atoms with van der Waals surface area (Å²) in [6.07, 6.45) is 2.80. The van der Waals surface area contributed by atoms with E-state index in [-0.39, 0.29) is 5.82 Å². The van der Waals surface area contributed by atoms with Crippen molar-refractivity contribution in [1.82, 2.24) is 4.90 Å². The van der Waals surface area contributed by atoms with Gasteiger partial charge in [-0.3, -0.25) is 4.90 Å². The Balaban J connectivity index is 1.74. The van der Waals surface area contributed by atoms with Gasteiger partial charge in [0, 0.05) is 12.1 Å². The maximum Gasteiger partial charge on any atom is 0.127 e. The summed E-state index contributed by atoms with van der Waals surface area (Å²) in [4.78, 5) is 2.44. The van der Waals surface area contributed by atoms with Crippen LogP contribution >= 0.6 is 0 Å². The van der Waals surface area contributed by atoms with Crippen LogP contribution in [-0.2, 0) is 0 Å². The van der Waals surface area contributed by atoms with Crippen LogP contribution in [0.5, 0.6) is 11.5 Å². The SMILES string of the molecule is N#CCCOc1ccc2c(c1)C(c1ccc(F)cc1)=C(CN1CCCC1)CO2. The molecule has 2 aliphatic rings. The molecule has 2 aromatic rings. The second kappa shape index (κ2) is 8.45. The van der Waals surface area contributed by atoms with Crippen molar-refractivity contribution < 1.29 is 13.9 Å². The van der Waals surface area contributed by atoms with Gasteiger partial charge in [-0.25, -0.2) is 4.39 Å². The molecule has 0 aliphatic carbocycles. The van der Waals surface area contributed by atoms with Gasteiger partial charge < -0.3 is 9.47 Å². The molecule has 0 spiro atoms. The van der Waals surface area contributed by atoms with Crippen molar-refractivity contribution in [3.63, 3.8) is 0 Å². The van der Waals surface area contributed by atoms with Gasteiger partial charge in [0.15, 0.2) is 0 Å². The van der Waals surface area contributed by atoms with Crippen molar-refractivity contribution in [2.24, 2.45) is 0 Å². The smallest absolute Gasteiger partial charge is 0.127 e. The van der Waals surface area contributed by atoms with Crippen molar-refractivity contribution in [3.8, 4) is 17.6 Å². The van der Waals surface area contributed by atoms with Crippen LogP contribution in [0.2, 0.25) is 0 Å². The average molecular weight is 378 g/mol. The van der Waals surface area contributed by atoms with E-state index < -0.39 is 0 Å². The van der Waals surface area contributed by atoms with Gasteiger partial charge in [0.2, 0.25) is 0 Å². The number of hydrogen-bond donors (Lipinski definition) is 0. The lowest BCUT2D eigenvalue weighted by molar-refractivity contribution is 0.305. The fourth-order valence-corrected chi connectivity index (χ4v) is 3.87. The van der Waals surface area contributed by atoms with E-state index in [1.807, 2.05) is 30.3 Å². The molecule has 0 aromatic heterocycles. The highest BCUT2D eigenvalue weighted by atomic mass is 19.1. The second-order valence-corrected chi connectivity index (χ2v) is 7.17. The number of likely N-dealkylation sites (tertiary alicyclic amines) is 1. The molecule has 0 N–H and O–H groups in total. The summed E-state index contributed by atoms with van der Waals surface area (Å²) in [6.45, 7) is 3.94. The highest BCUT2D eigenvalue weighted by molar-refractivity contribution is 5.87. The molecule has 0 bridgehead atoms. The molecule has 28 heavy (non-hydrogen) atoms. The Hall–Kier alpha value is -2.84. The van der Waals surface area contributed by atoms with Crippen LogP contribution in [0.1, 0.15) is 30.4 Å². The predicted molar refractivity (Wildman–Crippen MR) is 106 cm³/mol. The van der Waals surface area contributed by atoms with E-state index in [0.717, 1.165) is 42.1 Å². The highest BCUT2D eigenvalue weighted by Gasteiger charge is 2.24. The molecule has 0 saturated carbocycles. The van der Waals surface area contributed by atoms with E-state index in [2.05, 4.69) is 11.0 Å². The zero-order chi connectivity index (χ0) is 19.3. The van der Waals surface area contributed by atoms with Crippen molar-refractivity contribution >= 4 is 5.57 Å². The lowest BCUT2D eigenvalue weighted by Crippen LogP contribution is -2.26. The van der Waals surface area contributed by atoms with Crippen molar-refractivity contribution in [3.05, 3.63) is 65.0 Å². The maximum atomic E-state index is 13.5. The molecule has 1 saturated heterocycles. The third-order valence-corrected chi connectivity index (χ3v) is 5.20. The first-order valence-corrected chi connectivity index (χ1v) is 9.72. The first-order chi connectivity index (χ1) is 13.7. The van der Waals surface area contributed by atoms with Crippen LogP contribution in [0.25, 0.3) is 5.57 Å². The number of hydrogen-bond acceptors (Lipinski definition) is 4. The zero-order valence-electron chi connectivity index (χ0n) is 15.8. The largest absolute Gasteiger partial charge is 0.492 e. The lowest BCUT2D eigenvalue weighted by atomic mass is 9.90. The fourth-order valence-electron chi connectivity index (χ4n) is 3.87. The molecule has 4 nitrogen and oxygen atoms in total. The summed E-state index contributed by atoms with van der Waals surface area (Å²) in [5.41, 5.74) is 4.24. The molecule has 1 fully saturated rings. The molecule has 4 rings (SSSR count). The van der Waals surface area contributed by atoms with Gasteiger partial charge >= 0.3 is 0 Å². The van der Waals surface area contributed by atoms with E-state index in [1.165, 1.54) is 30.5 Å². The first-order valence-electron chi connectivity index (χ1n) is 9.72. The van der Waals surface area contributed by atoms with Crippen LogP contribution < -0.4 is 9.47 Å². The molecule has 5 heteroatoms. The Morgan fingerprint density at radius 2 is 1.89 bits per heavy atom. The molecule has 2 aromatic carbocycles. The fraction of sp³-hybridized carbons (Fsp3) is 0.348. The summed E-state index contributed by atoms with van der Waals surface area (Å²) < 4.78 is 25.3. The van der Waals surface area contributed by atoms with E-state index in [1.54, 1.807) is 0 Å². The third-order valence-electron chi connectivity index (χ3n) is 5.20.